The predicted molar refractivity (Wildman–Crippen MR) is 104 cm³/mol. The summed E-state index contributed by atoms with van der Waals surface area (Å²) in [5.74, 6) is 0. The molecule has 2 aromatic heterocycles. The van der Waals surface area contributed by atoms with E-state index in [1.807, 2.05) is 36.4 Å². The van der Waals surface area contributed by atoms with Gasteiger partial charge in [0.2, 0.25) is 0 Å². The van der Waals surface area contributed by atoms with E-state index >= 15 is 0 Å². The summed E-state index contributed by atoms with van der Waals surface area (Å²) in [7, 11) is 0. The number of carbonyl (C=O) groups is 1. The number of pyridine rings is 1. The maximum Gasteiger partial charge on any atom is 0.321 e. The number of nitrogens with zero attached hydrogens (tertiary/aromatic N) is 5. The van der Waals surface area contributed by atoms with E-state index < -0.39 is 0 Å². The van der Waals surface area contributed by atoms with Crippen LogP contribution in [0.25, 0.3) is 11.3 Å². The minimum atomic E-state index is -0.141. The molecular formula is C20H22N6O2. The van der Waals surface area contributed by atoms with Crippen LogP contribution in [0.5, 0.6) is 0 Å². The molecule has 3 heterocycles. The zero-order chi connectivity index (χ0) is 19.3. The van der Waals surface area contributed by atoms with E-state index in [0.717, 1.165) is 24.1 Å². The summed E-state index contributed by atoms with van der Waals surface area (Å²) in [5.41, 5.74) is 3.06. The molecule has 1 aromatic carbocycles. The first-order valence-corrected chi connectivity index (χ1v) is 9.32. The maximum atomic E-state index is 12.8. The molecule has 0 saturated carbocycles. The third kappa shape index (κ3) is 4.01. The number of benzene rings is 1. The zero-order valence-electron chi connectivity index (χ0n) is 15.4. The number of carbonyl (C=O) groups excluding carboxylic acids is 1. The normalized spacial score (nSPS) is 16.8. The van der Waals surface area contributed by atoms with Crippen molar-refractivity contribution in [2.24, 2.45) is 0 Å². The minimum Gasteiger partial charge on any atom is -0.390 e. The summed E-state index contributed by atoms with van der Waals surface area (Å²) in [6.07, 6.45) is 5.24. The summed E-state index contributed by atoms with van der Waals surface area (Å²) in [6.45, 7) is 1.11. The van der Waals surface area contributed by atoms with Gasteiger partial charge in [0.05, 0.1) is 24.5 Å². The highest BCUT2D eigenvalue weighted by atomic mass is 16.3. The molecular weight excluding hydrogens is 356 g/mol. The third-order valence-corrected chi connectivity index (χ3v) is 4.86. The Kier molecular flexibility index (Phi) is 5.29. The van der Waals surface area contributed by atoms with Crippen molar-refractivity contribution in [1.29, 1.82) is 0 Å². The molecule has 2 amide bonds. The van der Waals surface area contributed by atoms with Crippen LogP contribution in [0.15, 0.2) is 54.9 Å². The maximum absolute atomic E-state index is 12.8. The van der Waals surface area contributed by atoms with E-state index in [1.165, 1.54) is 0 Å². The molecule has 28 heavy (non-hydrogen) atoms. The Morgan fingerprint density at radius 1 is 1.25 bits per heavy atom. The second kappa shape index (κ2) is 8.18. The van der Waals surface area contributed by atoms with Gasteiger partial charge in [-0.05, 0) is 25.0 Å². The van der Waals surface area contributed by atoms with Crippen molar-refractivity contribution in [2.75, 3.05) is 18.4 Å². The van der Waals surface area contributed by atoms with E-state index in [0.29, 0.717) is 24.5 Å². The fourth-order valence-electron chi connectivity index (χ4n) is 3.40. The smallest absolute Gasteiger partial charge is 0.321 e. The molecule has 1 saturated heterocycles. The Bertz CT molecular complexity index is 943. The van der Waals surface area contributed by atoms with Gasteiger partial charge >= 0.3 is 6.03 Å². The first-order valence-electron chi connectivity index (χ1n) is 9.32. The third-order valence-electron chi connectivity index (χ3n) is 4.86. The summed E-state index contributed by atoms with van der Waals surface area (Å²) < 4.78 is 1.74. The van der Waals surface area contributed by atoms with Gasteiger partial charge in [0, 0.05) is 30.5 Å². The van der Waals surface area contributed by atoms with Gasteiger partial charge in [0.15, 0.2) is 0 Å². The fraction of sp³-hybridized carbons (Fsp3) is 0.300. The average Bonchev–Trinajstić information content (AvgIpc) is 3.24. The van der Waals surface area contributed by atoms with Crippen molar-refractivity contribution in [1.82, 2.24) is 24.9 Å². The summed E-state index contributed by atoms with van der Waals surface area (Å²) >= 11 is 0. The molecule has 1 unspecified atom stereocenters. The Hall–Kier alpha value is -3.26. The molecule has 3 aromatic rings. The number of hydrogen-bond acceptors (Lipinski definition) is 5. The molecule has 1 fully saturated rings. The highest BCUT2D eigenvalue weighted by Crippen LogP contribution is 2.23. The van der Waals surface area contributed by atoms with Crippen LogP contribution in [0.3, 0.4) is 0 Å². The van der Waals surface area contributed by atoms with Crippen molar-refractivity contribution in [3.05, 3.63) is 60.6 Å². The summed E-state index contributed by atoms with van der Waals surface area (Å²) in [5, 5.41) is 20.1. The van der Waals surface area contributed by atoms with E-state index in [-0.39, 0.29) is 18.7 Å². The Morgan fingerprint density at radius 3 is 2.89 bits per heavy atom. The van der Waals surface area contributed by atoms with E-state index in [9.17, 15) is 4.79 Å². The van der Waals surface area contributed by atoms with Crippen molar-refractivity contribution in [3.8, 4) is 11.3 Å². The number of aliphatic hydroxyl groups excluding tert-OH is 1. The van der Waals surface area contributed by atoms with Gasteiger partial charge in [-0.15, -0.1) is 5.10 Å². The lowest BCUT2D eigenvalue weighted by atomic mass is 10.1. The number of aliphatic hydroxyl groups is 1. The lowest BCUT2D eigenvalue weighted by Gasteiger charge is -2.32. The highest BCUT2D eigenvalue weighted by Gasteiger charge is 2.25. The molecule has 0 bridgehead atoms. The van der Waals surface area contributed by atoms with Crippen LogP contribution >= 0.6 is 0 Å². The zero-order valence-corrected chi connectivity index (χ0v) is 15.4. The second-order valence-electron chi connectivity index (χ2n) is 6.82. The number of hydrogen-bond donors (Lipinski definition) is 2. The van der Waals surface area contributed by atoms with Crippen LogP contribution in [0.1, 0.15) is 24.6 Å². The molecule has 1 atom stereocenters. The van der Waals surface area contributed by atoms with Crippen LogP contribution in [0.4, 0.5) is 10.5 Å². The molecule has 0 radical (unpaired) electrons. The molecule has 1 aliphatic heterocycles. The standard InChI is InChI=1S/C20H22N6O2/c27-14-17-12-26(24-23-17)18-7-4-10-25(13-18)20(28)22-16-8-9-21-19(11-16)15-5-2-1-3-6-15/h1-3,5-6,8-9,11-12,18,27H,4,7,10,13-14H2,(H,21,22,28). The first-order chi connectivity index (χ1) is 13.7. The lowest BCUT2D eigenvalue weighted by molar-refractivity contribution is 0.174. The highest BCUT2D eigenvalue weighted by molar-refractivity contribution is 5.90. The molecule has 144 valence electrons. The van der Waals surface area contributed by atoms with E-state index in [2.05, 4.69) is 20.6 Å². The van der Waals surface area contributed by atoms with Crippen LogP contribution < -0.4 is 5.32 Å². The van der Waals surface area contributed by atoms with Gasteiger partial charge in [-0.25, -0.2) is 9.48 Å². The van der Waals surface area contributed by atoms with Gasteiger partial charge in [0.25, 0.3) is 0 Å². The molecule has 0 aliphatic carbocycles. The largest absolute Gasteiger partial charge is 0.390 e. The van der Waals surface area contributed by atoms with Crippen LogP contribution in [-0.4, -0.2) is 49.1 Å². The van der Waals surface area contributed by atoms with Crippen LogP contribution in [0, 0.1) is 0 Å². The van der Waals surface area contributed by atoms with Gasteiger partial charge in [-0.2, -0.15) is 0 Å². The van der Waals surface area contributed by atoms with E-state index in [1.54, 1.807) is 28.0 Å². The Morgan fingerprint density at radius 2 is 2.11 bits per heavy atom. The molecule has 1 aliphatic rings. The minimum absolute atomic E-state index is 0.0598. The summed E-state index contributed by atoms with van der Waals surface area (Å²) in [4.78, 5) is 18.9. The van der Waals surface area contributed by atoms with Crippen molar-refractivity contribution >= 4 is 11.7 Å². The SMILES string of the molecule is O=C(Nc1ccnc(-c2ccccc2)c1)N1CCCC(n2cc(CO)nn2)C1. The Balaban J connectivity index is 1.43. The molecule has 0 spiro atoms. The number of amides is 2. The van der Waals surface area contributed by atoms with Crippen molar-refractivity contribution < 1.29 is 9.90 Å². The molecule has 8 nitrogen and oxygen atoms in total. The predicted octanol–water partition coefficient (Wildman–Crippen LogP) is 2.70. The van der Waals surface area contributed by atoms with Crippen LogP contribution in [-0.2, 0) is 6.61 Å². The van der Waals surface area contributed by atoms with Gasteiger partial charge in [-0.1, -0.05) is 35.5 Å². The number of urea groups is 1. The number of likely N-dealkylation sites (tertiary alicyclic amines) is 1. The van der Waals surface area contributed by atoms with Gasteiger partial charge in [-0.3, -0.25) is 4.98 Å². The van der Waals surface area contributed by atoms with E-state index in [4.69, 9.17) is 5.11 Å². The first kappa shape index (κ1) is 18.1. The second-order valence-corrected chi connectivity index (χ2v) is 6.82. The number of rotatable bonds is 4. The average molecular weight is 378 g/mol. The molecule has 2 N–H and O–H groups in total. The van der Waals surface area contributed by atoms with Gasteiger partial charge < -0.3 is 15.3 Å². The van der Waals surface area contributed by atoms with Crippen LogP contribution in [0.2, 0.25) is 0 Å². The topological polar surface area (TPSA) is 96.2 Å². The van der Waals surface area contributed by atoms with Crippen molar-refractivity contribution in [2.45, 2.75) is 25.5 Å². The van der Waals surface area contributed by atoms with Gasteiger partial charge in [0.1, 0.15) is 5.69 Å². The number of aromatic nitrogens is 4. The molecule has 8 heteroatoms. The summed E-state index contributed by atoms with van der Waals surface area (Å²) in [6, 6.07) is 13.4. The monoisotopic (exact) mass is 378 g/mol. The number of nitrogens with one attached hydrogen (secondary N) is 1. The van der Waals surface area contributed by atoms with Crippen molar-refractivity contribution in [3.63, 3.8) is 0 Å². The number of anilines is 1. The lowest BCUT2D eigenvalue weighted by Crippen LogP contribution is -2.43. The fourth-order valence-corrected chi connectivity index (χ4v) is 3.40. The molecule has 4 rings (SSSR count). The quantitative estimate of drug-likeness (QED) is 0.728. The number of piperidine rings is 1. The Labute approximate surface area is 162 Å².